The molecule has 1 N–H and O–H groups in total. The van der Waals surface area contributed by atoms with Crippen LogP contribution >= 0.6 is 0 Å². The molecule has 0 atom stereocenters. The lowest BCUT2D eigenvalue weighted by molar-refractivity contribution is -0.136. The van der Waals surface area contributed by atoms with E-state index in [9.17, 15) is 18.4 Å². The van der Waals surface area contributed by atoms with Crippen molar-refractivity contribution in [3.8, 4) is 0 Å². The topological polar surface area (TPSA) is 55.9 Å². The highest BCUT2D eigenvalue weighted by atomic mass is 19.1. The van der Waals surface area contributed by atoms with Gasteiger partial charge >= 0.3 is 0 Å². The molecule has 4 rings (SSSR count). The summed E-state index contributed by atoms with van der Waals surface area (Å²) in [6, 6.07) is 12.5. The molecule has 0 unspecified atom stereocenters. The lowest BCUT2D eigenvalue weighted by Gasteiger charge is -2.38. The summed E-state index contributed by atoms with van der Waals surface area (Å²) in [5.41, 5.74) is 1.39. The van der Waals surface area contributed by atoms with Gasteiger partial charge in [0, 0.05) is 44.5 Å². The highest BCUT2D eigenvalue weighted by Crippen LogP contribution is 2.25. The van der Waals surface area contributed by atoms with Crippen molar-refractivity contribution in [3.05, 3.63) is 65.7 Å². The van der Waals surface area contributed by atoms with E-state index in [1.54, 1.807) is 24.3 Å². The predicted molar refractivity (Wildman–Crippen MR) is 132 cm³/mol. The Balaban J connectivity index is 1.27. The second-order valence-electron chi connectivity index (χ2n) is 9.55. The van der Waals surface area contributed by atoms with Crippen LogP contribution in [0.4, 0.5) is 14.5 Å². The fourth-order valence-corrected chi connectivity index (χ4v) is 4.96. The highest BCUT2D eigenvalue weighted by molar-refractivity contribution is 5.92. The van der Waals surface area contributed by atoms with E-state index >= 15 is 0 Å². The van der Waals surface area contributed by atoms with E-state index < -0.39 is 0 Å². The van der Waals surface area contributed by atoms with Crippen molar-refractivity contribution in [1.82, 2.24) is 14.7 Å². The van der Waals surface area contributed by atoms with Gasteiger partial charge in [-0.3, -0.25) is 19.4 Å². The van der Waals surface area contributed by atoms with Crippen LogP contribution < -0.4 is 5.32 Å². The summed E-state index contributed by atoms with van der Waals surface area (Å²) in [4.78, 5) is 31.9. The molecule has 2 amide bonds. The van der Waals surface area contributed by atoms with Crippen molar-refractivity contribution < 1.29 is 18.4 Å². The molecular weight excluding hydrogens is 450 g/mol. The zero-order valence-corrected chi connectivity index (χ0v) is 20.1. The summed E-state index contributed by atoms with van der Waals surface area (Å²) in [7, 11) is 0. The van der Waals surface area contributed by atoms with E-state index in [0.29, 0.717) is 45.0 Å². The molecule has 1 heterocycles. The maximum Gasteiger partial charge on any atom is 0.238 e. The van der Waals surface area contributed by atoms with Crippen LogP contribution in [0.15, 0.2) is 48.5 Å². The molecule has 1 saturated carbocycles. The van der Waals surface area contributed by atoms with Crippen LogP contribution in [0, 0.1) is 11.6 Å². The number of carbonyl (C=O) groups is 2. The minimum atomic E-state index is -0.386. The Morgan fingerprint density at radius 3 is 2.17 bits per heavy atom. The molecule has 8 heteroatoms. The van der Waals surface area contributed by atoms with E-state index in [4.69, 9.17) is 0 Å². The summed E-state index contributed by atoms with van der Waals surface area (Å²) in [6.07, 6.45) is 5.51. The molecule has 0 spiro atoms. The van der Waals surface area contributed by atoms with Crippen molar-refractivity contribution in [2.75, 3.05) is 44.6 Å². The monoisotopic (exact) mass is 484 g/mol. The van der Waals surface area contributed by atoms with Crippen LogP contribution in [0.1, 0.15) is 37.7 Å². The smallest absolute Gasteiger partial charge is 0.238 e. The lowest BCUT2D eigenvalue weighted by atomic mass is 9.93. The number of nitrogens with one attached hydrogen (secondary N) is 1. The normalized spacial score (nSPS) is 17.8. The third-order valence-electron chi connectivity index (χ3n) is 6.90. The number of anilines is 1. The van der Waals surface area contributed by atoms with Gasteiger partial charge in [0.05, 0.1) is 13.1 Å². The summed E-state index contributed by atoms with van der Waals surface area (Å²) in [5, 5.41) is 2.73. The number of piperazine rings is 1. The SMILES string of the molecule is O=C(CN1CCN(CC(=O)N(Cc2ccc(F)cc2)C2CCCCC2)CC1)Nc1cccc(F)c1. The predicted octanol–water partition coefficient (Wildman–Crippen LogP) is 3.88. The average Bonchev–Trinajstić information content (AvgIpc) is 2.85. The molecule has 35 heavy (non-hydrogen) atoms. The first-order valence-electron chi connectivity index (χ1n) is 12.5. The van der Waals surface area contributed by atoms with Crippen molar-refractivity contribution in [3.63, 3.8) is 0 Å². The summed E-state index contributed by atoms with van der Waals surface area (Å²) in [6.45, 7) is 3.86. The van der Waals surface area contributed by atoms with E-state index in [1.807, 2.05) is 9.80 Å². The first-order valence-corrected chi connectivity index (χ1v) is 12.5. The third-order valence-corrected chi connectivity index (χ3v) is 6.90. The number of hydrogen-bond donors (Lipinski definition) is 1. The molecular formula is C27H34F2N4O2. The van der Waals surface area contributed by atoms with Crippen LogP contribution in [-0.4, -0.2) is 71.8 Å². The van der Waals surface area contributed by atoms with Gasteiger partial charge in [-0.2, -0.15) is 0 Å². The second-order valence-corrected chi connectivity index (χ2v) is 9.55. The lowest BCUT2D eigenvalue weighted by Crippen LogP contribution is -2.52. The van der Waals surface area contributed by atoms with E-state index in [0.717, 1.165) is 31.2 Å². The number of rotatable bonds is 8. The number of halogens is 2. The van der Waals surface area contributed by atoms with Gasteiger partial charge in [0.25, 0.3) is 0 Å². The number of carbonyl (C=O) groups excluding carboxylic acids is 2. The molecule has 188 valence electrons. The summed E-state index contributed by atoms with van der Waals surface area (Å²) in [5.74, 6) is -0.726. The van der Waals surface area contributed by atoms with Gasteiger partial charge in [0.1, 0.15) is 11.6 Å². The van der Waals surface area contributed by atoms with Crippen LogP contribution in [0.25, 0.3) is 0 Å². The molecule has 0 bridgehead atoms. The van der Waals surface area contributed by atoms with Gasteiger partial charge in [-0.15, -0.1) is 0 Å². The van der Waals surface area contributed by atoms with Gasteiger partial charge in [0.15, 0.2) is 0 Å². The van der Waals surface area contributed by atoms with Crippen molar-refractivity contribution >= 4 is 17.5 Å². The third kappa shape index (κ3) is 7.57. The molecule has 0 aromatic heterocycles. The molecule has 1 aliphatic carbocycles. The van der Waals surface area contributed by atoms with Gasteiger partial charge in [0.2, 0.25) is 11.8 Å². The van der Waals surface area contributed by atoms with Gasteiger partial charge in [-0.1, -0.05) is 37.5 Å². The molecule has 2 aromatic carbocycles. The Bertz CT molecular complexity index is 987. The fourth-order valence-electron chi connectivity index (χ4n) is 4.96. The first-order chi connectivity index (χ1) is 17.0. The average molecular weight is 485 g/mol. The van der Waals surface area contributed by atoms with Crippen molar-refractivity contribution in [2.24, 2.45) is 0 Å². The van der Waals surface area contributed by atoms with Crippen molar-refractivity contribution in [1.29, 1.82) is 0 Å². The Kier molecular flexibility index (Phi) is 8.82. The maximum atomic E-state index is 13.4. The molecule has 2 aliphatic rings. The van der Waals surface area contributed by atoms with Gasteiger partial charge in [-0.25, -0.2) is 8.78 Å². The van der Waals surface area contributed by atoms with Crippen LogP contribution in [-0.2, 0) is 16.1 Å². The largest absolute Gasteiger partial charge is 0.334 e. The Morgan fingerprint density at radius 1 is 0.857 bits per heavy atom. The Morgan fingerprint density at radius 2 is 1.51 bits per heavy atom. The summed E-state index contributed by atoms with van der Waals surface area (Å²) >= 11 is 0. The quantitative estimate of drug-likeness (QED) is 0.618. The maximum absolute atomic E-state index is 13.4. The van der Waals surface area contributed by atoms with E-state index in [1.165, 1.54) is 30.7 Å². The molecule has 2 aromatic rings. The van der Waals surface area contributed by atoms with Gasteiger partial charge in [-0.05, 0) is 48.7 Å². The van der Waals surface area contributed by atoms with Crippen molar-refractivity contribution in [2.45, 2.75) is 44.7 Å². The summed E-state index contributed by atoms with van der Waals surface area (Å²) < 4.78 is 26.7. The second kappa shape index (κ2) is 12.2. The number of amides is 2. The molecule has 1 aliphatic heterocycles. The van der Waals surface area contributed by atoms with Gasteiger partial charge < -0.3 is 10.2 Å². The van der Waals surface area contributed by atoms with Crippen LogP contribution in [0.3, 0.4) is 0 Å². The molecule has 2 fully saturated rings. The number of hydrogen-bond acceptors (Lipinski definition) is 4. The Hall–Kier alpha value is -2.84. The minimum Gasteiger partial charge on any atom is -0.334 e. The molecule has 1 saturated heterocycles. The van der Waals surface area contributed by atoms with E-state index in [-0.39, 0.29) is 36.0 Å². The Labute approximate surface area is 205 Å². The number of nitrogens with zero attached hydrogens (tertiary/aromatic N) is 3. The van der Waals surface area contributed by atoms with Crippen LogP contribution in [0.2, 0.25) is 0 Å². The zero-order valence-electron chi connectivity index (χ0n) is 20.1. The minimum absolute atomic E-state index is 0.110. The molecule has 0 radical (unpaired) electrons. The zero-order chi connectivity index (χ0) is 24.6. The van der Waals surface area contributed by atoms with E-state index in [2.05, 4.69) is 10.2 Å². The fraction of sp³-hybridized carbons (Fsp3) is 0.481. The number of benzene rings is 2. The van der Waals surface area contributed by atoms with Crippen LogP contribution in [0.5, 0.6) is 0 Å². The standard InChI is InChI=1S/C27H34F2N4O2/c28-22-11-9-21(10-12-22)18-33(25-7-2-1-3-8-25)27(35)20-32-15-13-31(14-16-32)19-26(34)30-24-6-4-5-23(29)17-24/h4-6,9-12,17,25H,1-3,7-8,13-16,18-20H2,(H,30,34). The molecule has 6 nitrogen and oxygen atoms in total. The highest BCUT2D eigenvalue weighted by Gasteiger charge is 2.28. The first kappa shape index (κ1) is 25.3.